The average molecular weight is 184 g/mol. The van der Waals surface area contributed by atoms with E-state index in [2.05, 4.69) is 12.2 Å². The maximum atomic E-state index is 10.7. The zero-order valence-corrected chi connectivity index (χ0v) is 7.78. The molecule has 0 aromatic carbocycles. The van der Waals surface area contributed by atoms with Crippen molar-refractivity contribution in [3.63, 3.8) is 0 Å². The molecule has 0 aliphatic heterocycles. The SMILES string of the molecule is CCCNc1ccc(C(N)=O)s1. The molecule has 66 valence electrons. The molecule has 0 unspecified atom stereocenters. The zero-order valence-electron chi connectivity index (χ0n) is 6.96. The molecule has 0 spiro atoms. The minimum Gasteiger partial charge on any atom is -0.377 e. The van der Waals surface area contributed by atoms with Crippen molar-refractivity contribution in [3.05, 3.63) is 17.0 Å². The summed E-state index contributed by atoms with van der Waals surface area (Å²) in [5.41, 5.74) is 5.10. The van der Waals surface area contributed by atoms with Gasteiger partial charge in [0, 0.05) is 6.54 Å². The minimum atomic E-state index is -0.357. The smallest absolute Gasteiger partial charge is 0.258 e. The fraction of sp³-hybridized carbons (Fsp3) is 0.375. The van der Waals surface area contributed by atoms with Crippen LogP contribution in [-0.4, -0.2) is 12.5 Å². The first-order chi connectivity index (χ1) is 5.74. The van der Waals surface area contributed by atoms with Gasteiger partial charge in [-0.2, -0.15) is 0 Å². The third-order valence-electron chi connectivity index (χ3n) is 1.40. The Morgan fingerprint density at radius 3 is 2.92 bits per heavy atom. The summed E-state index contributed by atoms with van der Waals surface area (Å²) in [5, 5.41) is 4.19. The van der Waals surface area contributed by atoms with Crippen molar-refractivity contribution in [1.82, 2.24) is 0 Å². The van der Waals surface area contributed by atoms with E-state index in [1.165, 1.54) is 11.3 Å². The second-order valence-corrected chi connectivity index (χ2v) is 3.54. The van der Waals surface area contributed by atoms with Gasteiger partial charge in [0.1, 0.15) is 0 Å². The number of rotatable bonds is 4. The van der Waals surface area contributed by atoms with E-state index >= 15 is 0 Å². The molecule has 0 aliphatic carbocycles. The molecule has 1 aromatic rings. The van der Waals surface area contributed by atoms with Crippen molar-refractivity contribution in [3.8, 4) is 0 Å². The second kappa shape index (κ2) is 4.11. The van der Waals surface area contributed by atoms with Gasteiger partial charge in [0.2, 0.25) is 0 Å². The summed E-state index contributed by atoms with van der Waals surface area (Å²) in [5.74, 6) is -0.357. The van der Waals surface area contributed by atoms with Crippen molar-refractivity contribution in [2.75, 3.05) is 11.9 Å². The van der Waals surface area contributed by atoms with Crippen molar-refractivity contribution in [2.24, 2.45) is 5.73 Å². The lowest BCUT2D eigenvalue weighted by Crippen LogP contribution is -2.08. The van der Waals surface area contributed by atoms with Crippen LogP contribution in [0.3, 0.4) is 0 Å². The number of carbonyl (C=O) groups is 1. The molecule has 1 aromatic heterocycles. The van der Waals surface area contributed by atoms with Gasteiger partial charge in [-0.15, -0.1) is 11.3 Å². The van der Waals surface area contributed by atoms with Crippen LogP contribution in [-0.2, 0) is 0 Å². The molecule has 4 heteroatoms. The highest BCUT2D eigenvalue weighted by atomic mass is 32.1. The molecule has 0 bridgehead atoms. The van der Waals surface area contributed by atoms with Gasteiger partial charge in [0.05, 0.1) is 9.88 Å². The molecule has 12 heavy (non-hydrogen) atoms. The summed E-state index contributed by atoms with van der Waals surface area (Å²) in [6.45, 7) is 3.02. The second-order valence-electron chi connectivity index (χ2n) is 2.45. The Balaban J connectivity index is 2.58. The summed E-state index contributed by atoms with van der Waals surface area (Å²) in [7, 11) is 0. The van der Waals surface area contributed by atoms with Crippen LogP contribution in [0.4, 0.5) is 5.00 Å². The van der Waals surface area contributed by atoms with Crippen LogP contribution in [0, 0.1) is 0 Å². The van der Waals surface area contributed by atoms with E-state index in [0.717, 1.165) is 18.0 Å². The Morgan fingerprint density at radius 2 is 2.42 bits per heavy atom. The third-order valence-corrected chi connectivity index (χ3v) is 2.46. The summed E-state index contributed by atoms with van der Waals surface area (Å²) < 4.78 is 0. The standard InChI is InChI=1S/C8H12N2OS/c1-2-5-10-7-4-3-6(12-7)8(9)11/h3-4,10H,2,5H2,1H3,(H2,9,11). The molecule has 0 saturated heterocycles. The summed E-state index contributed by atoms with van der Waals surface area (Å²) in [6.07, 6.45) is 1.07. The Morgan fingerprint density at radius 1 is 1.67 bits per heavy atom. The number of anilines is 1. The number of nitrogens with two attached hydrogens (primary N) is 1. The predicted molar refractivity (Wildman–Crippen MR) is 51.6 cm³/mol. The molecular weight excluding hydrogens is 172 g/mol. The maximum absolute atomic E-state index is 10.7. The van der Waals surface area contributed by atoms with E-state index in [4.69, 9.17) is 5.73 Å². The highest BCUT2D eigenvalue weighted by Crippen LogP contribution is 2.20. The fourth-order valence-corrected chi connectivity index (χ4v) is 1.60. The van der Waals surface area contributed by atoms with E-state index in [-0.39, 0.29) is 5.91 Å². The molecule has 1 heterocycles. The molecule has 0 fully saturated rings. The van der Waals surface area contributed by atoms with E-state index in [1.54, 1.807) is 6.07 Å². The normalized spacial score (nSPS) is 9.75. The molecule has 3 nitrogen and oxygen atoms in total. The van der Waals surface area contributed by atoms with Crippen molar-refractivity contribution < 1.29 is 4.79 Å². The minimum absolute atomic E-state index is 0.357. The van der Waals surface area contributed by atoms with Gasteiger partial charge in [-0.25, -0.2) is 0 Å². The van der Waals surface area contributed by atoms with Gasteiger partial charge in [-0.05, 0) is 18.6 Å². The number of thiophene rings is 1. The number of primary amides is 1. The lowest BCUT2D eigenvalue weighted by Gasteiger charge is -1.97. The van der Waals surface area contributed by atoms with Gasteiger partial charge in [0.15, 0.2) is 0 Å². The first-order valence-corrected chi connectivity index (χ1v) is 4.69. The molecular formula is C8H12N2OS. The largest absolute Gasteiger partial charge is 0.377 e. The van der Waals surface area contributed by atoms with Crippen molar-refractivity contribution in [1.29, 1.82) is 0 Å². The number of hydrogen-bond donors (Lipinski definition) is 2. The zero-order chi connectivity index (χ0) is 8.97. The van der Waals surface area contributed by atoms with Crippen LogP contribution >= 0.6 is 11.3 Å². The van der Waals surface area contributed by atoms with E-state index < -0.39 is 0 Å². The van der Waals surface area contributed by atoms with Crippen molar-refractivity contribution >= 4 is 22.2 Å². The van der Waals surface area contributed by atoms with E-state index in [1.807, 2.05) is 6.07 Å². The van der Waals surface area contributed by atoms with Crippen molar-refractivity contribution in [2.45, 2.75) is 13.3 Å². The van der Waals surface area contributed by atoms with Gasteiger partial charge in [0.25, 0.3) is 5.91 Å². The highest BCUT2D eigenvalue weighted by molar-refractivity contribution is 7.17. The molecule has 1 amide bonds. The molecule has 3 N–H and O–H groups in total. The van der Waals surface area contributed by atoms with E-state index in [0.29, 0.717) is 4.88 Å². The lowest BCUT2D eigenvalue weighted by atomic mass is 10.4. The van der Waals surface area contributed by atoms with Gasteiger partial charge >= 0.3 is 0 Å². The van der Waals surface area contributed by atoms with Crippen LogP contribution in [0.15, 0.2) is 12.1 Å². The van der Waals surface area contributed by atoms with Crippen LogP contribution in [0.25, 0.3) is 0 Å². The molecule has 0 atom stereocenters. The quantitative estimate of drug-likeness (QED) is 0.747. The van der Waals surface area contributed by atoms with Gasteiger partial charge in [-0.1, -0.05) is 6.92 Å². The number of hydrogen-bond acceptors (Lipinski definition) is 3. The molecule has 1 rings (SSSR count). The molecule has 0 saturated carbocycles. The predicted octanol–water partition coefficient (Wildman–Crippen LogP) is 1.67. The fourth-order valence-electron chi connectivity index (χ4n) is 0.814. The van der Waals surface area contributed by atoms with Crippen LogP contribution in [0.1, 0.15) is 23.0 Å². The maximum Gasteiger partial charge on any atom is 0.258 e. The molecule has 0 aliphatic rings. The lowest BCUT2D eigenvalue weighted by molar-refractivity contribution is 0.100. The van der Waals surface area contributed by atoms with Crippen LogP contribution in [0.2, 0.25) is 0 Å². The van der Waals surface area contributed by atoms with Crippen LogP contribution in [0.5, 0.6) is 0 Å². The summed E-state index contributed by atoms with van der Waals surface area (Å²) >= 11 is 1.40. The molecule has 0 radical (unpaired) electrons. The first kappa shape index (κ1) is 9.06. The average Bonchev–Trinajstić information content (AvgIpc) is 2.48. The Labute approximate surface area is 75.6 Å². The first-order valence-electron chi connectivity index (χ1n) is 3.87. The van der Waals surface area contributed by atoms with E-state index in [9.17, 15) is 4.79 Å². The van der Waals surface area contributed by atoms with Crippen LogP contribution < -0.4 is 11.1 Å². The van der Waals surface area contributed by atoms with Gasteiger partial charge < -0.3 is 11.1 Å². The summed E-state index contributed by atoms with van der Waals surface area (Å²) in [6, 6.07) is 3.62. The number of amides is 1. The van der Waals surface area contributed by atoms with Gasteiger partial charge in [-0.3, -0.25) is 4.79 Å². The Hall–Kier alpha value is -1.03. The highest BCUT2D eigenvalue weighted by Gasteiger charge is 2.03. The topological polar surface area (TPSA) is 55.1 Å². The number of carbonyl (C=O) groups excluding carboxylic acids is 1. The summed E-state index contributed by atoms with van der Waals surface area (Å²) in [4.78, 5) is 11.3. The number of nitrogens with one attached hydrogen (secondary N) is 1. The Kier molecular flexibility index (Phi) is 3.10. The monoisotopic (exact) mass is 184 g/mol. The Bertz CT molecular complexity index is 270. The third kappa shape index (κ3) is 2.23.